The molecule has 0 atom stereocenters. The van der Waals surface area contributed by atoms with E-state index in [-0.39, 0.29) is 0 Å². The molecule has 0 unspecified atom stereocenters. The van der Waals surface area contributed by atoms with E-state index in [1.165, 1.54) is 50.1 Å². The fourth-order valence-corrected chi connectivity index (χ4v) is 11.0. The number of anilines is 3. The SMILES string of the molecule is c1ccc(-c2ccc(N(c3ccc4c(c3)C(c3ccccc3)(c3ccccc3)c3ccccc3-4)c3ccc(-c4ccccc4)c4oc5c6ccccc6c(-c6ccccc6)cc5c34)cc2)cc1. The van der Waals surface area contributed by atoms with Crippen molar-refractivity contribution in [3.63, 3.8) is 0 Å². The number of nitrogens with zero attached hydrogens (tertiary/aromatic N) is 1. The standard InChI is InChI=1S/C65H43NO/c1-6-20-44(21-7-1)45-34-36-50(37-35-45)66(51-38-39-55-54-31-18-19-33-59(54)65(60(55)42-51,48-26-12-4-13-27-48)49-28-14-5-15-29-49)61-41-40-52(46-22-8-2-9-23-46)64-62(61)58-43-57(47-24-10-3-11-25-47)53-30-16-17-32-56(53)63(58)67-64/h1-43H. The summed E-state index contributed by atoms with van der Waals surface area (Å²) >= 11 is 0. The number of rotatable bonds is 8. The molecular weight excluding hydrogens is 811 g/mol. The van der Waals surface area contributed by atoms with Crippen LogP contribution < -0.4 is 4.90 Å². The quantitative estimate of drug-likeness (QED) is 0.151. The van der Waals surface area contributed by atoms with Crippen molar-refractivity contribution in [3.8, 4) is 44.5 Å². The molecule has 13 rings (SSSR count). The monoisotopic (exact) mass is 853 g/mol. The van der Waals surface area contributed by atoms with Gasteiger partial charge in [-0.3, -0.25) is 0 Å². The molecule has 0 N–H and O–H groups in total. The largest absolute Gasteiger partial charge is 0.455 e. The number of fused-ring (bicyclic) bond motifs is 8. The Labute approximate surface area is 390 Å². The Bertz CT molecular complexity index is 3730. The summed E-state index contributed by atoms with van der Waals surface area (Å²) in [5, 5.41) is 4.38. The molecule has 1 aromatic heterocycles. The van der Waals surface area contributed by atoms with Gasteiger partial charge >= 0.3 is 0 Å². The molecule has 0 bridgehead atoms. The van der Waals surface area contributed by atoms with E-state index in [9.17, 15) is 0 Å². The number of hydrogen-bond acceptors (Lipinski definition) is 2. The van der Waals surface area contributed by atoms with Crippen molar-refractivity contribution < 1.29 is 4.42 Å². The smallest absolute Gasteiger partial charge is 0.145 e. The van der Waals surface area contributed by atoms with Crippen LogP contribution in [0, 0.1) is 0 Å². The summed E-state index contributed by atoms with van der Waals surface area (Å²) in [6.07, 6.45) is 0. The van der Waals surface area contributed by atoms with Gasteiger partial charge in [-0.2, -0.15) is 0 Å². The second-order valence-electron chi connectivity index (χ2n) is 17.5. The van der Waals surface area contributed by atoms with Gasteiger partial charge in [0.1, 0.15) is 11.2 Å². The molecule has 0 aliphatic heterocycles. The van der Waals surface area contributed by atoms with Crippen LogP contribution in [0.25, 0.3) is 77.2 Å². The minimum atomic E-state index is -0.564. The van der Waals surface area contributed by atoms with Crippen molar-refractivity contribution in [2.75, 3.05) is 4.90 Å². The molecule has 12 aromatic rings. The highest BCUT2D eigenvalue weighted by atomic mass is 16.3. The highest BCUT2D eigenvalue weighted by Crippen LogP contribution is 2.58. The Balaban J connectivity index is 1.14. The van der Waals surface area contributed by atoms with Crippen molar-refractivity contribution in [1.82, 2.24) is 0 Å². The van der Waals surface area contributed by atoms with E-state index >= 15 is 0 Å². The second-order valence-corrected chi connectivity index (χ2v) is 17.5. The molecule has 0 amide bonds. The molecule has 11 aromatic carbocycles. The highest BCUT2D eigenvalue weighted by molar-refractivity contribution is 6.24. The molecular formula is C65H43NO. The third-order valence-corrected chi connectivity index (χ3v) is 13.9. The summed E-state index contributed by atoms with van der Waals surface area (Å²) in [5.74, 6) is 0. The first-order valence-electron chi connectivity index (χ1n) is 23.1. The molecule has 0 saturated heterocycles. The number of furan rings is 1. The summed E-state index contributed by atoms with van der Waals surface area (Å²) in [4.78, 5) is 2.46. The van der Waals surface area contributed by atoms with E-state index in [1.807, 2.05) is 0 Å². The molecule has 2 nitrogen and oxygen atoms in total. The van der Waals surface area contributed by atoms with Crippen molar-refractivity contribution in [3.05, 3.63) is 283 Å². The minimum Gasteiger partial charge on any atom is -0.455 e. The molecule has 2 heteroatoms. The first-order chi connectivity index (χ1) is 33.3. The molecule has 1 heterocycles. The molecule has 0 radical (unpaired) electrons. The Morgan fingerprint density at radius 3 is 1.45 bits per heavy atom. The van der Waals surface area contributed by atoms with Crippen LogP contribution in [0.5, 0.6) is 0 Å². The highest BCUT2D eigenvalue weighted by Gasteiger charge is 2.46. The summed E-state index contributed by atoms with van der Waals surface area (Å²) in [7, 11) is 0. The van der Waals surface area contributed by atoms with E-state index in [2.05, 4.69) is 266 Å². The second kappa shape index (κ2) is 15.8. The van der Waals surface area contributed by atoms with Gasteiger partial charge in [-0.25, -0.2) is 0 Å². The van der Waals surface area contributed by atoms with Crippen molar-refractivity contribution in [2.24, 2.45) is 0 Å². The van der Waals surface area contributed by atoms with E-state index in [4.69, 9.17) is 4.42 Å². The third kappa shape index (κ3) is 6.11. The maximum Gasteiger partial charge on any atom is 0.145 e. The number of benzene rings is 11. The zero-order chi connectivity index (χ0) is 44.3. The molecule has 67 heavy (non-hydrogen) atoms. The lowest BCUT2D eigenvalue weighted by atomic mass is 9.67. The lowest BCUT2D eigenvalue weighted by Gasteiger charge is -2.35. The molecule has 1 aliphatic rings. The van der Waals surface area contributed by atoms with Crippen LogP contribution in [0.4, 0.5) is 17.1 Å². The lowest BCUT2D eigenvalue weighted by molar-refractivity contribution is 0.674. The van der Waals surface area contributed by atoms with Crippen molar-refractivity contribution >= 4 is 49.8 Å². The van der Waals surface area contributed by atoms with Gasteiger partial charge < -0.3 is 9.32 Å². The van der Waals surface area contributed by atoms with E-state index < -0.39 is 5.41 Å². The minimum absolute atomic E-state index is 0.564. The average molecular weight is 854 g/mol. The normalized spacial score (nSPS) is 12.6. The molecule has 0 fully saturated rings. The molecule has 1 aliphatic carbocycles. The predicted octanol–water partition coefficient (Wildman–Crippen LogP) is 17.6. The van der Waals surface area contributed by atoms with Crippen LogP contribution in [0.15, 0.2) is 265 Å². The lowest BCUT2D eigenvalue weighted by Crippen LogP contribution is -2.28. The van der Waals surface area contributed by atoms with Crippen LogP contribution in [0.2, 0.25) is 0 Å². The van der Waals surface area contributed by atoms with Gasteiger partial charge in [-0.05, 0) is 109 Å². The van der Waals surface area contributed by atoms with Gasteiger partial charge in [0.05, 0.1) is 16.5 Å². The topological polar surface area (TPSA) is 16.4 Å². The third-order valence-electron chi connectivity index (χ3n) is 13.9. The van der Waals surface area contributed by atoms with Crippen LogP contribution in [-0.4, -0.2) is 0 Å². The van der Waals surface area contributed by atoms with E-state index in [0.29, 0.717) is 0 Å². The van der Waals surface area contributed by atoms with E-state index in [1.54, 1.807) is 0 Å². The van der Waals surface area contributed by atoms with Crippen molar-refractivity contribution in [2.45, 2.75) is 5.41 Å². The van der Waals surface area contributed by atoms with Gasteiger partial charge in [0.25, 0.3) is 0 Å². The van der Waals surface area contributed by atoms with Gasteiger partial charge in [-0.1, -0.05) is 218 Å². The average Bonchev–Trinajstić information content (AvgIpc) is 3.95. The Morgan fingerprint density at radius 1 is 0.299 bits per heavy atom. The van der Waals surface area contributed by atoms with Gasteiger partial charge in [-0.15, -0.1) is 0 Å². The molecule has 0 saturated carbocycles. The molecule has 314 valence electrons. The first kappa shape index (κ1) is 38.7. The Morgan fingerprint density at radius 2 is 0.791 bits per heavy atom. The fraction of sp³-hybridized carbons (Fsp3) is 0.0154. The predicted molar refractivity (Wildman–Crippen MR) is 280 cm³/mol. The van der Waals surface area contributed by atoms with Gasteiger partial charge in [0, 0.05) is 27.7 Å². The van der Waals surface area contributed by atoms with Crippen LogP contribution in [0.3, 0.4) is 0 Å². The van der Waals surface area contributed by atoms with Crippen LogP contribution in [-0.2, 0) is 5.41 Å². The van der Waals surface area contributed by atoms with Crippen LogP contribution in [0.1, 0.15) is 22.3 Å². The summed E-state index contributed by atoms with van der Waals surface area (Å²) in [6.45, 7) is 0. The van der Waals surface area contributed by atoms with Crippen molar-refractivity contribution in [1.29, 1.82) is 0 Å². The summed E-state index contributed by atoms with van der Waals surface area (Å²) < 4.78 is 7.32. The van der Waals surface area contributed by atoms with E-state index in [0.717, 1.165) is 66.5 Å². The maximum atomic E-state index is 7.32. The first-order valence-corrected chi connectivity index (χ1v) is 23.1. The number of hydrogen-bond donors (Lipinski definition) is 0. The maximum absolute atomic E-state index is 7.32. The van der Waals surface area contributed by atoms with Crippen LogP contribution >= 0.6 is 0 Å². The zero-order valence-electron chi connectivity index (χ0n) is 36.7. The molecule has 0 spiro atoms. The van der Waals surface area contributed by atoms with Gasteiger partial charge in [0.2, 0.25) is 0 Å². The Kier molecular flexibility index (Phi) is 9.11. The summed E-state index contributed by atoms with van der Waals surface area (Å²) in [5.41, 5.74) is 18.7. The zero-order valence-corrected chi connectivity index (χ0v) is 36.7. The fourth-order valence-electron chi connectivity index (χ4n) is 11.0. The van der Waals surface area contributed by atoms with Gasteiger partial charge in [0.15, 0.2) is 0 Å². The summed E-state index contributed by atoms with van der Waals surface area (Å²) in [6, 6.07) is 94.9. The Hall–Kier alpha value is -8.72.